The number of aromatic nitrogens is 3. The van der Waals surface area contributed by atoms with E-state index < -0.39 is 0 Å². The Morgan fingerprint density at radius 2 is 2.04 bits per heavy atom. The Labute approximate surface area is 180 Å². The average Bonchev–Trinajstić information content (AvgIpc) is 3.10. The number of nitrogens with zero attached hydrogens (tertiary/aromatic N) is 3. The molecular weight excluding hydrogens is 464 g/mol. The van der Waals surface area contributed by atoms with E-state index in [0.29, 0.717) is 34.8 Å². The smallest absolute Gasteiger partial charge is 0.234 e. The minimum absolute atomic E-state index is 0.142. The third-order valence-electron chi connectivity index (χ3n) is 3.76. The highest BCUT2D eigenvalue weighted by Crippen LogP contribution is 2.26. The Morgan fingerprint density at radius 3 is 2.75 bits per heavy atom. The van der Waals surface area contributed by atoms with Crippen LogP contribution in [-0.2, 0) is 17.9 Å². The number of anilines is 1. The van der Waals surface area contributed by atoms with E-state index in [-0.39, 0.29) is 11.7 Å². The number of hydrogen-bond donors (Lipinski definition) is 1. The topological polar surface area (TPSA) is 69.0 Å². The zero-order valence-corrected chi connectivity index (χ0v) is 18.2. The van der Waals surface area contributed by atoms with Crippen LogP contribution in [0.3, 0.4) is 0 Å². The highest BCUT2D eigenvalue weighted by Gasteiger charge is 2.14. The summed E-state index contributed by atoms with van der Waals surface area (Å²) in [6.45, 7) is 3.01. The second-order valence-corrected chi connectivity index (χ2v) is 7.91. The summed E-state index contributed by atoms with van der Waals surface area (Å²) >= 11 is 10.7. The van der Waals surface area contributed by atoms with E-state index in [1.807, 2.05) is 41.8 Å². The van der Waals surface area contributed by atoms with Gasteiger partial charge in [-0.15, -0.1) is 10.2 Å². The van der Waals surface area contributed by atoms with Gasteiger partial charge >= 0.3 is 0 Å². The monoisotopic (exact) mass is 480 g/mol. The maximum Gasteiger partial charge on any atom is 0.234 e. The molecule has 0 aliphatic carbocycles. The first-order valence-corrected chi connectivity index (χ1v) is 10.7. The maximum atomic E-state index is 12.2. The molecule has 9 heteroatoms. The number of ether oxygens (including phenoxy) is 1. The molecule has 3 rings (SSSR count). The molecule has 0 saturated heterocycles. The molecule has 1 N–H and O–H groups in total. The van der Waals surface area contributed by atoms with Crippen LogP contribution in [0.1, 0.15) is 12.7 Å². The van der Waals surface area contributed by atoms with E-state index in [1.165, 1.54) is 11.8 Å². The van der Waals surface area contributed by atoms with E-state index in [9.17, 15) is 4.79 Å². The molecule has 0 saturated carbocycles. The number of amides is 1. The Balaban J connectivity index is 1.57. The van der Waals surface area contributed by atoms with Crippen molar-refractivity contribution in [1.29, 1.82) is 0 Å². The van der Waals surface area contributed by atoms with Crippen molar-refractivity contribution in [2.75, 3.05) is 11.1 Å². The van der Waals surface area contributed by atoms with E-state index in [4.69, 9.17) is 16.3 Å². The predicted molar refractivity (Wildman–Crippen MR) is 115 cm³/mol. The molecule has 146 valence electrons. The van der Waals surface area contributed by atoms with Gasteiger partial charge in [-0.25, -0.2) is 0 Å². The summed E-state index contributed by atoms with van der Waals surface area (Å²) in [5, 5.41) is 12.4. The highest BCUT2D eigenvalue weighted by molar-refractivity contribution is 9.10. The predicted octanol–water partition coefficient (Wildman–Crippen LogP) is 5.02. The van der Waals surface area contributed by atoms with Gasteiger partial charge in [0.25, 0.3) is 0 Å². The fourth-order valence-electron chi connectivity index (χ4n) is 2.42. The average molecular weight is 482 g/mol. The number of nitrogens with one attached hydrogen (secondary N) is 1. The van der Waals surface area contributed by atoms with Crippen molar-refractivity contribution in [3.05, 3.63) is 63.9 Å². The molecule has 0 spiro atoms. The van der Waals surface area contributed by atoms with Gasteiger partial charge in [-0.2, -0.15) is 0 Å². The molecule has 2 aromatic carbocycles. The van der Waals surface area contributed by atoms with E-state index in [0.717, 1.165) is 10.2 Å². The molecule has 1 aromatic heterocycles. The molecule has 0 aliphatic heterocycles. The summed E-state index contributed by atoms with van der Waals surface area (Å²) < 4.78 is 8.47. The molecule has 3 aromatic rings. The van der Waals surface area contributed by atoms with Crippen LogP contribution >= 0.6 is 39.3 Å². The Kier molecular flexibility index (Phi) is 7.36. The number of thioether (sulfide) groups is 1. The normalized spacial score (nSPS) is 10.7. The summed E-state index contributed by atoms with van der Waals surface area (Å²) in [7, 11) is 0. The van der Waals surface area contributed by atoms with Crippen molar-refractivity contribution in [3.63, 3.8) is 0 Å². The van der Waals surface area contributed by atoms with Crippen LogP contribution in [0.2, 0.25) is 5.02 Å². The number of hydrogen-bond acceptors (Lipinski definition) is 5. The fourth-order valence-corrected chi connectivity index (χ4v) is 3.66. The SMILES string of the molecule is CCn1c(COc2ccccc2)nnc1SCC(=O)Nc1ccc(Br)c(Cl)c1. The number of rotatable bonds is 8. The highest BCUT2D eigenvalue weighted by atomic mass is 79.9. The van der Waals surface area contributed by atoms with Crippen LogP contribution in [0, 0.1) is 0 Å². The van der Waals surface area contributed by atoms with Gasteiger partial charge in [0.15, 0.2) is 11.0 Å². The molecular formula is C19H18BrClN4O2S. The number of carbonyl (C=O) groups is 1. The van der Waals surface area contributed by atoms with Crippen molar-refractivity contribution in [2.24, 2.45) is 0 Å². The van der Waals surface area contributed by atoms with Gasteiger partial charge in [0.05, 0.1) is 10.8 Å². The third kappa shape index (κ3) is 5.50. The van der Waals surface area contributed by atoms with E-state index in [2.05, 4.69) is 31.4 Å². The minimum atomic E-state index is -0.142. The van der Waals surface area contributed by atoms with Gasteiger partial charge < -0.3 is 14.6 Å². The van der Waals surface area contributed by atoms with Crippen molar-refractivity contribution in [2.45, 2.75) is 25.2 Å². The molecule has 1 amide bonds. The van der Waals surface area contributed by atoms with Crippen molar-refractivity contribution in [3.8, 4) is 5.75 Å². The lowest BCUT2D eigenvalue weighted by Crippen LogP contribution is -2.15. The molecule has 1 heterocycles. The van der Waals surface area contributed by atoms with Gasteiger partial charge in [-0.1, -0.05) is 41.6 Å². The fraction of sp³-hybridized carbons (Fsp3) is 0.211. The summed E-state index contributed by atoms with van der Waals surface area (Å²) in [5.74, 6) is 1.56. The molecule has 0 bridgehead atoms. The van der Waals surface area contributed by atoms with Crippen molar-refractivity contribution in [1.82, 2.24) is 14.8 Å². The van der Waals surface area contributed by atoms with Crippen LogP contribution in [0.15, 0.2) is 58.2 Å². The standard InChI is InChI=1S/C19H18BrClN4O2S/c1-2-25-17(11-27-14-6-4-3-5-7-14)23-24-19(25)28-12-18(26)22-13-8-9-15(20)16(21)10-13/h3-10H,2,11-12H2,1H3,(H,22,26). The molecule has 28 heavy (non-hydrogen) atoms. The second kappa shape index (κ2) is 9.95. The number of para-hydroxylation sites is 1. The summed E-state index contributed by atoms with van der Waals surface area (Å²) in [6.07, 6.45) is 0. The quantitative estimate of drug-likeness (QED) is 0.457. The van der Waals surface area contributed by atoms with Crippen LogP contribution in [-0.4, -0.2) is 26.4 Å². The van der Waals surface area contributed by atoms with E-state index in [1.54, 1.807) is 18.2 Å². The zero-order valence-electron chi connectivity index (χ0n) is 15.1. The summed E-state index contributed by atoms with van der Waals surface area (Å²) in [4.78, 5) is 12.2. The van der Waals surface area contributed by atoms with Crippen LogP contribution < -0.4 is 10.1 Å². The lowest BCUT2D eigenvalue weighted by molar-refractivity contribution is -0.113. The molecule has 0 aliphatic rings. The van der Waals surface area contributed by atoms with Crippen molar-refractivity contribution >= 4 is 50.9 Å². The minimum Gasteiger partial charge on any atom is -0.486 e. The molecule has 0 atom stereocenters. The van der Waals surface area contributed by atoms with Crippen LogP contribution in [0.4, 0.5) is 5.69 Å². The van der Waals surface area contributed by atoms with Gasteiger partial charge in [0.1, 0.15) is 12.4 Å². The third-order valence-corrected chi connectivity index (χ3v) is 5.96. The maximum absolute atomic E-state index is 12.2. The summed E-state index contributed by atoms with van der Waals surface area (Å²) in [5.41, 5.74) is 0.646. The Morgan fingerprint density at radius 1 is 1.25 bits per heavy atom. The number of benzene rings is 2. The molecule has 0 radical (unpaired) electrons. The first-order valence-electron chi connectivity index (χ1n) is 8.54. The van der Waals surface area contributed by atoms with Gasteiger partial charge in [-0.05, 0) is 53.2 Å². The lowest BCUT2D eigenvalue weighted by Gasteiger charge is -2.09. The van der Waals surface area contributed by atoms with Crippen molar-refractivity contribution < 1.29 is 9.53 Å². The first kappa shape index (κ1) is 20.7. The Bertz CT molecular complexity index is 952. The van der Waals surface area contributed by atoms with E-state index >= 15 is 0 Å². The van der Waals surface area contributed by atoms with Gasteiger partial charge in [-0.3, -0.25) is 4.79 Å². The van der Waals surface area contributed by atoms with Gasteiger partial charge in [0, 0.05) is 16.7 Å². The zero-order chi connectivity index (χ0) is 19.9. The largest absolute Gasteiger partial charge is 0.486 e. The van der Waals surface area contributed by atoms with Crippen LogP contribution in [0.5, 0.6) is 5.75 Å². The molecule has 6 nitrogen and oxygen atoms in total. The number of carbonyl (C=O) groups excluding carboxylic acids is 1. The van der Waals surface area contributed by atoms with Crippen LogP contribution in [0.25, 0.3) is 0 Å². The Hall–Kier alpha value is -2.03. The lowest BCUT2D eigenvalue weighted by atomic mass is 10.3. The second-order valence-electron chi connectivity index (χ2n) is 5.71. The molecule has 0 unspecified atom stereocenters. The summed E-state index contributed by atoms with van der Waals surface area (Å²) in [6, 6.07) is 14.8. The molecule has 0 fully saturated rings. The first-order chi connectivity index (χ1) is 13.6. The van der Waals surface area contributed by atoms with Gasteiger partial charge in [0.2, 0.25) is 5.91 Å². The number of halogens is 2.